The number of Topliss-reactive ketones (excluding diaryl/α,β-unsaturated/α-hetero) is 1. The largest absolute Gasteiger partial charge is 0.494 e. The fraction of sp³-hybridized carbons (Fsp3) is 0.368. The highest BCUT2D eigenvalue weighted by atomic mass is 35.5. The summed E-state index contributed by atoms with van der Waals surface area (Å²) in [6.45, 7) is 8.00. The molecule has 3 rings (SSSR count). The van der Waals surface area contributed by atoms with E-state index in [1.807, 2.05) is 52.0 Å². The second-order valence-electron chi connectivity index (χ2n) is 7.25. The van der Waals surface area contributed by atoms with E-state index >= 15 is 0 Å². The quantitative estimate of drug-likeness (QED) is 0.621. The standard InChI is InChI=1S/C19H21BClNO3/c1-18(2)19(3,4)25-20(24-18)13-8-9-15(16(21)11-13)17(23)12-14-7-5-6-10-22-14/h5-11H,12H2,1-4H3. The van der Waals surface area contributed by atoms with Gasteiger partial charge in [-0.05, 0) is 51.4 Å². The van der Waals surface area contributed by atoms with Gasteiger partial charge in [0.05, 0.1) is 22.6 Å². The molecular weight excluding hydrogens is 336 g/mol. The molecule has 4 nitrogen and oxygen atoms in total. The zero-order chi connectivity index (χ0) is 18.2. The van der Waals surface area contributed by atoms with Crippen LogP contribution in [0.1, 0.15) is 43.7 Å². The Bertz CT molecular complexity index is 777. The van der Waals surface area contributed by atoms with E-state index in [2.05, 4.69) is 4.98 Å². The van der Waals surface area contributed by atoms with Crippen LogP contribution in [0.2, 0.25) is 5.02 Å². The van der Waals surface area contributed by atoms with Gasteiger partial charge in [-0.1, -0.05) is 29.8 Å². The predicted octanol–water partition coefficient (Wildman–Crippen LogP) is 3.46. The van der Waals surface area contributed by atoms with Crippen molar-refractivity contribution in [2.24, 2.45) is 0 Å². The Morgan fingerprint density at radius 3 is 2.36 bits per heavy atom. The zero-order valence-corrected chi connectivity index (χ0v) is 15.6. The maximum Gasteiger partial charge on any atom is 0.494 e. The molecule has 1 aliphatic rings. The minimum absolute atomic E-state index is 0.0656. The molecule has 1 aromatic carbocycles. The zero-order valence-electron chi connectivity index (χ0n) is 14.9. The molecule has 0 amide bonds. The van der Waals surface area contributed by atoms with E-state index < -0.39 is 18.3 Å². The highest BCUT2D eigenvalue weighted by Gasteiger charge is 2.51. The molecule has 2 heterocycles. The molecule has 0 bridgehead atoms. The Kier molecular flexibility index (Phi) is 4.75. The van der Waals surface area contributed by atoms with E-state index in [-0.39, 0.29) is 12.2 Å². The van der Waals surface area contributed by atoms with Gasteiger partial charge in [-0.25, -0.2) is 0 Å². The molecule has 6 heteroatoms. The summed E-state index contributed by atoms with van der Waals surface area (Å²) < 4.78 is 12.1. The number of halogens is 1. The summed E-state index contributed by atoms with van der Waals surface area (Å²) in [6, 6.07) is 10.8. The third-order valence-corrected chi connectivity index (χ3v) is 5.20. The number of carbonyl (C=O) groups is 1. The number of carbonyl (C=O) groups excluding carboxylic acids is 1. The van der Waals surface area contributed by atoms with Gasteiger partial charge in [-0.2, -0.15) is 0 Å². The van der Waals surface area contributed by atoms with Crippen molar-refractivity contribution >= 4 is 30.0 Å². The van der Waals surface area contributed by atoms with Crippen molar-refractivity contribution in [2.45, 2.75) is 45.3 Å². The number of hydrogen-bond acceptors (Lipinski definition) is 4. The van der Waals surface area contributed by atoms with Crippen molar-refractivity contribution < 1.29 is 14.1 Å². The van der Waals surface area contributed by atoms with Crippen LogP contribution in [-0.2, 0) is 15.7 Å². The van der Waals surface area contributed by atoms with Crippen LogP contribution in [0.25, 0.3) is 0 Å². The predicted molar refractivity (Wildman–Crippen MR) is 99.4 cm³/mol. The normalized spacial score (nSPS) is 18.4. The van der Waals surface area contributed by atoms with Gasteiger partial charge >= 0.3 is 7.12 Å². The molecule has 0 aliphatic carbocycles. The Hall–Kier alpha value is -1.69. The van der Waals surface area contributed by atoms with Crippen LogP contribution in [0.4, 0.5) is 0 Å². The summed E-state index contributed by atoms with van der Waals surface area (Å²) >= 11 is 6.36. The number of pyridine rings is 1. The van der Waals surface area contributed by atoms with Crippen molar-refractivity contribution in [3.63, 3.8) is 0 Å². The lowest BCUT2D eigenvalue weighted by molar-refractivity contribution is 0.00578. The minimum Gasteiger partial charge on any atom is -0.399 e. The monoisotopic (exact) mass is 357 g/mol. The average molecular weight is 358 g/mol. The van der Waals surface area contributed by atoms with Gasteiger partial charge in [0.15, 0.2) is 5.78 Å². The fourth-order valence-electron chi connectivity index (χ4n) is 2.65. The third-order valence-electron chi connectivity index (χ3n) is 4.89. The van der Waals surface area contributed by atoms with Crippen LogP contribution in [-0.4, -0.2) is 29.1 Å². The Labute approximate surface area is 153 Å². The van der Waals surface area contributed by atoms with Gasteiger partial charge < -0.3 is 9.31 Å². The van der Waals surface area contributed by atoms with Gasteiger partial charge in [-0.3, -0.25) is 9.78 Å². The summed E-state index contributed by atoms with van der Waals surface area (Å²) in [7, 11) is -0.498. The van der Waals surface area contributed by atoms with Crippen molar-refractivity contribution in [3.05, 3.63) is 58.9 Å². The Morgan fingerprint density at radius 2 is 1.80 bits per heavy atom. The van der Waals surface area contributed by atoms with E-state index in [1.165, 1.54) is 0 Å². The molecular formula is C19H21BClNO3. The molecule has 2 aromatic rings. The van der Waals surface area contributed by atoms with Crippen LogP contribution in [0.3, 0.4) is 0 Å². The molecule has 0 saturated carbocycles. The summed E-state index contributed by atoms with van der Waals surface area (Å²) in [5, 5.41) is 0.396. The molecule has 0 atom stereocenters. The highest BCUT2D eigenvalue weighted by Crippen LogP contribution is 2.36. The number of ketones is 1. The van der Waals surface area contributed by atoms with Crippen LogP contribution in [0, 0.1) is 0 Å². The van der Waals surface area contributed by atoms with Crippen LogP contribution in [0.5, 0.6) is 0 Å². The lowest BCUT2D eigenvalue weighted by atomic mass is 9.78. The third kappa shape index (κ3) is 3.64. The van der Waals surface area contributed by atoms with Crippen molar-refractivity contribution in [1.29, 1.82) is 0 Å². The average Bonchev–Trinajstić information content (AvgIpc) is 2.76. The molecule has 25 heavy (non-hydrogen) atoms. The lowest BCUT2D eigenvalue weighted by Crippen LogP contribution is -2.41. The summed E-state index contributed by atoms with van der Waals surface area (Å²) in [5.74, 6) is -0.0656. The summed E-state index contributed by atoms with van der Waals surface area (Å²) in [5.41, 5.74) is 1.17. The second-order valence-corrected chi connectivity index (χ2v) is 7.66. The highest BCUT2D eigenvalue weighted by molar-refractivity contribution is 6.62. The van der Waals surface area contributed by atoms with Gasteiger partial charge in [-0.15, -0.1) is 0 Å². The molecule has 0 unspecified atom stereocenters. The SMILES string of the molecule is CC1(C)OB(c2ccc(C(=O)Cc3ccccn3)c(Cl)c2)OC1(C)C. The first-order valence-corrected chi connectivity index (χ1v) is 8.66. The van der Waals surface area contributed by atoms with Crippen LogP contribution < -0.4 is 5.46 Å². The van der Waals surface area contributed by atoms with E-state index in [4.69, 9.17) is 20.9 Å². The molecule has 0 spiro atoms. The first-order chi connectivity index (χ1) is 11.7. The van der Waals surface area contributed by atoms with Crippen molar-refractivity contribution in [2.75, 3.05) is 0 Å². The van der Waals surface area contributed by atoms with Gasteiger partial charge in [0, 0.05) is 17.5 Å². The van der Waals surface area contributed by atoms with Crippen LogP contribution >= 0.6 is 11.6 Å². The number of rotatable bonds is 4. The molecule has 1 saturated heterocycles. The Balaban J connectivity index is 1.79. The number of benzene rings is 1. The first-order valence-electron chi connectivity index (χ1n) is 8.28. The van der Waals surface area contributed by atoms with E-state index in [0.717, 1.165) is 11.2 Å². The van der Waals surface area contributed by atoms with Gasteiger partial charge in [0.2, 0.25) is 0 Å². The maximum absolute atomic E-state index is 12.5. The summed E-state index contributed by atoms with van der Waals surface area (Å²) in [6.07, 6.45) is 1.89. The number of aromatic nitrogens is 1. The topological polar surface area (TPSA) is 48.4 Å². The number of nitrogens with zero attached hydrogens (tertiary/aromatic N) is 1. The van der Waals surface area contributed by atoms with Gasteiger partial charge in [0.25, 0.3) is 0 Å². The summed E-state index contributed by atoms with van der Waals surface area (Å²) in [4.78, 5) is 16.7. The molecule has 1 aliphatic heterocycles. The Morgan fingerprint density at radius 1 is 1.12 bits per heavy atom. The van der Waals surface area contributed by atoms with Crippen molar-refractivity contribution in [3.8, 4) is 0 Å². The first kappa shape index (κ1) is 18.1. The molecule has 1 fully saturated rings. The minimum atomic E-state index is -0.498. The van der Waals surface area contributed by atoms with Crippen LogP contribution in [0.15, 0.2) is 42.6 Å². The van der Waals surface area contributed by atoms with E-state index in [0.29, 0.717) is 10.6 Å². The molecule has 1 aromatic heterocycles. The molecule has 0 radical (unpaired) electrons. The van der Waals surface area contributed by atoms with E-state index in [9.17, 15) is 4.79 Å². The lowest BCUT2D eigenvalue weighted by Gasteiger charge is -2.32. The number of hydrogen-bond donors (Lipinski definition) is 0. The van der Waals surface area contributed by atoms with Gasteiger partial charge in [0.1, 0.15) is 0 Å². The van der Waals surface area contributed by atoms with E-state index in [1.54, 1.807) is 18.3 Å². The fourth-order valence-corrected chi connectivity index (χ4v) is 2.94. The smallest absolute Gasteiger partial charge is 0.399 e. The molecule has 0 N–H and O–H groups in total. The van der Waals surface area contributed by atoms with Crippen molar-refractivity contribution in [1.82, 2.24) is 4.98 Å². The molecule has 130 valence electrons. The maximum atomic E-state index is 12.5. The second kappa shape index (κ2) is 6.56.